The van der Waals surface area contributed by atoms with Crippen molar-refractivity contribution in [3.8, 4) is 0 Å². The van der Waals surface area contributed by atoms with Crippen LogP contribution in [0.25, 0.3) is 0 Å². The van der Waals surface area contributed by atoms with Crippen LogP contribution in [0, 0.1) is 40.4 Å². The fraction of sp³-hybridized carbons (Fsp3) is 1.00. The molecule has 7 bridgehead atoms. The molecule has 6 fully saturated rings. The number of methoxy groups -OCH3 is 4. The van der Waals surface area contributed by atoms with Gasteiger partial charge in [-0.15, -0.1) is 0 Å². The van der Waals surface area contributed by atoms with Gasteiger partial charge in [0.05, 0.1) is 30.5 Å². The first-order valence-electron chi connectivity index (χ1n) is 12.5. The molecule has 6 heteroatoms. The predicted molar refractivity (Wildman–Crippen MR) is 116 cm³/mol. The summed E-state index contributed by atoms with van der Waals surface area (Å²) in [6, 6.07) is 0.459. The summed E-state index contributed by atoms with van der Waals surface area (Å²) in [6.45, 7) is 5.32. The average molecular weight is 436 g/mol. The van der Waals surface area contributed by atoms with Crippen LogP contribution in [0.1, 0.15) is 39.0 Å². The molecule has 1 heterocycles. The Morgan fingerprint density at radius 3 is 2.52 bits per heavy atom. The lowest BCUT2D eigenvalue weighted by Gasteiger charge is -2.70. The molecule has 6 rings (SSSR count). The second-order valence-electron chi connectivity index (χ2n) is 11.6. The van der Waals surface area contributed by atoms with Crippen molar-refractivity contribution in [1.82, 2.24) is 4.90 Å². The van der Waals surface area contributed by atoms with Crippen LogP contribution in [0.2, 0.25) is 0 Å². The second kappa shape index (κ2) is 6.89. The SMILES string of the molecule is CCN1C[C@]2(COC)CC[C@H](OC)[C@]34C1[C@H](C[C@H]23)[C@@]1(OC)C[C@H](OC)[C@H]2C[C@@H]4[C@@H]1[C@H]2O. The van der Waals surface area contributed by atoms with Gasteiger partial charge in [0.25, 0.3) is 0 Å². The number of rotatable bonds is 6. The van der Waals surface area contributed by atoms with Gasteiger partial charge < -0.3 is 24.1 Å². The van der Waals surface area contributed by atoms with Gasteiger partial charge in [-0.05, 0) is 44.1 Å². The molecule has 0 aromatic rings. The van der Waals surface area contributed by atoms with Crippen LogP contribution in [0.3, 0.4) is 0 Å². The third-order valence-electron chi connectivity index (χ3n) is 11.5. The van der Waals surface area contributed by atoms with Crippen LogP contribution in [0.4, 0.5) is 0 Å². The lowest BCUT2D eigenvalue weighted by atomic mass is 9.43. The highest BCUT2D eigenvalue weighted by Crippen LogP contribution is 2.79. The molecule has 6 nitrogen and oxygen atoms in total. The van der Waals surface area contributed by atoms with Crippen LogP contribution < -0.4 is 0 Å². The maximum Gasteiger partial charge on any atom is 0.0802 e. The van der Waals surface area contributed by atoms with Crippen LogP contribution in [-0.4, -0.2) is 88.1 Å². The molecule has 0 amide bonds. The molecule has 5 saturated carbocycles. The van der Waals surface area contributed by atoms with Crippen molar-refractivity contribution in [2.75, 3.05) is 48.1 Å². The van der Waals surface area contributed by atoms with Crippen molar-refractivity contribution in [3.63, 3.8) is 0 Å². The van der Waals surface area contributed by atoms with Crippen LogP contribution in [0.15, 0.2) is 0 Å². The summed E-state index contributed by atoms with van der Waals surface area (Å²) in [7, 11) is 7.52. The smallest absolute Gasteiger partial charge is 0.0802 e. The van der Waals surface area contributed by atoms with Crippen molar-refractivity contribution < 1.29 is 24.1 Å². The molecule has 5 aliphatic carbocycles. The first-order chi connectivity index (χ1) is 15.0. The Hall–Kier alpha value is -0.240. The average Bonchev–Trinajstić information content (AvgIpc) is 3.18. The van der Waals surface area contributed by atoms with E-state index in [4.69, 9.17) is 18.9 Å². The Kier molecular flexibility index (Phi) is 4.74. The van der Waals surface area contributed by atoms with E-state index in [-0.39, 0.29) is 46.6 Å². The molecule has 12 atom stereocenters. The highest BCUT2D eigenvalue weighted by Gasteiger charge is 2.84. The van der Waals surface area contributed by atoms with Gasteiger partial charge >= 0.3 is 0 Å². The van der Waals surface area contributed by atoms with E-state index < -0.39 is 0 Å². The van der Waals surface area contributed by atoms with E-state index in [2.05, 4.69) is 11.8 Å². The molecule has 31 heavy (non-hydrogen) atoms. The van der Waals surface area contributed by atoms with Gasteiger partial charge in [0, 0.05) is 76.0 Å². The zero-order valence-corrected chi connectivity index (χ0v) is 19.9. The molecule has 0 radical (unpaired) electrons. The maximum atomic E-state index is 11.6. The van der Waals surface area contributed by atoms with E-state index in [1.54, 1.807) is 0 Å². The summed E-state index contributed by atoms with van der Waals surface area (Å²) in [5, 5.41) is 11.6. The number of ether oxygens (including phenoxy) is 4. The Morgan fingerprint density at radius 1 is 1.06 bits per heavy atom. The summed E-state index contributed by atoms with van der Waals surface area (Å²) in [5.74, 6) is 1.80. The number of aliphatic hydroxyl groups excluding tert-OH is 1. The molecular weight excluding hydrogens is 394 g/mol. The number of hydrogen-bond donors (Lipinski definition) is 1. The standard InChI is InChI=1S/C25H41NO5/c1-6-26-12-23(13-28-2)8-7-19(30-4)25-15-9-14-17(29-3)11-24(31-5,20(15)21(14)27)16(22(25)26)10-18(23)25/h14-22,27H,6-13H2,1-5H3/t14-,15-,16+,17+,18-,19+,20-,21+,22?,23+,24+,25-/m1/s1. The lowest BCUT2D eigenvalue weighted by Crippen LogP contribution is -2.76. The largest absolute Gasteiger partial charge is 0.392 e. The van der Waals surface area contributed by atoms with Gasteiger partial charge in [0.15, 0.2) is 0 Å². The van der Waals surface area contributed by atoms with Crippen molar-refractivity contribution in [2.45, 2.75) is 69.0 Å². The monoisotopic (exact) mass is 435 g/mol. The maximum absolute atomic E-state index is 11.6. The van der Waals surface area contributed by atoms with Gasteiger partial charge in [0.1, 0.15) is 0 Å². The molecular formula is C25H41NO5. The molecule has 6 aliphatic rings. The number of nitrogens with zero attached hydrogens (tertiary/aromatic N) is 1. The summed E-state index contributed by atoms with van der Waals surface area (Å²) < 4.78 is 24.9. The summed E-state index contributed by atoms with van der Waals surface area (Å²) in [4.78, 5) is 2.77. The quantitative estimate of drug-likeness (QED) is 0.690. The Labute approximate surface area is 186 Å². The minimum Gasteiger partial charge on any atom is -0.392 e. The molecule has 1 saturated heterocycles. The topological polar surface area (TPSA) is 60.4 Å². The third kappa shape index (κ3) is 2.17. The van der Waals surface area contributed by atoms with Crippen molar-refractivity contribution in [2.24, 2.45) is 40.4 Å². The normalized spacial score (nSPS) is 59.2. The van der Waals surface area contributed by atoms with Gasteiger partial charge in [-0.3, -0.25) is 4.90 Å². The van der Waals surface area contributed by atoms with Gasteiger partial charge in [0.2, 0.25) is 0 Å². The van der Waals surface area contributed by atoms with Crippen molar-refractivity contribution in [1.29, 1.82) is 0 Å². The molecule has 1 N–H and O–H groups in total. The fourth-order valence-electron chi connectivity index (χ4n) is 11.0. The number of piperidine rings is 1. The third-order valence-corrected chi connectivity index (χ3v) is 11.5. The van der Waals surface area contributed by atoms with Gasteiger partial charge in [-0.2, -0.15) is 0 Å². The zero-order chi connectivity index (χ0) is 21.8. The Morgan fingerprint density at radius 2 is 1.87 bits per heavy atom. The molecule has 1 aliphatic heterocycles. The number of likely N-dealkylation sites (tertiary alicyclic amines) is 1. The van der Waals surface area contributed by atoms with E-state index in [0.29, 0.717) is 23.8 Å². The first-order valence-corrected chi connectivity index (χ1v) is 12.5. The summed E-state index contributed by atoms with van der Waals surface area (Å²) >= 11 is 0. The van der Waals surface area contributed by atoms with Gasteiger partial charge in [-0.25, -0.2) is 0 Å². The summed E-state index contributed by atoms with van der Waals surface area (Å²) in [6.07, 6.45) is 5.39. The molecule has 1 spiro atoms. The molecule has 0 aromatic carbocycles. The van der Waals surface area contributed by atoms with Crippen LogP contribution in [0.5, 0.6) is 0 Å². The van der Waals surface area contributed by atoms with Crippen molar-refractivity contribution >= 4 is 0 Å². The van der Waals surface area contributed by atoms with Crippen LogP contribution in [-0.2, 0) is 18.9 Å². The predicted octanol–water partition coefficient (Wildman–Crippen LogP) is 2.19. The minimum absolute atomic E-state index is 0.0789. The number of hydrogen-bond acceptors (Lipinski definition) is 6. The minimum atomic E-state index is -0.339. The molecule has 0 aromatic heterocycles. The second-order valence-corrected chi connectivity index (χ2v) is 11.6. The lowest BCUT2D eigenvalue weighted by molar-refractivity contribution is -0.281. The van der Waals surface area contributed by atoms with E-state index in [1.165, 1.54) is 12.8 Å². The molecule has 176 valence electrons. The highest BCUT2D eigenvalue weighted by molar-refractivity contribution is 5.33. The number of aliphatic hydroxyl groups is 1. The summed E-state index contributed by atoms with van der Waals surface area (Å²) in [5.41, 5.74) is -0.0439. The van der Waals surface area contributed by atoms with E-state index in [0.717, 1.165) is 39.0 Å². The van der Waals surface area contributed by atoms with Crippen LogP contribution >= 0.6 is 0 Å². The van der Waals surface area contributed by atoms with E-state index in [9.17, 15) is 5.11 Å². The molecule has 1 unspecified atom stereocenters. The Balaban J connectivity index is 1.59. The highest BCUT2D eigenvalue weighted by atomic mass is 16.5. The van der Waals surface area contributed by atoms with Gasteiger partial charge in [-0.1, -0.05) is 6.92 Å². The van der Waals surface area contributed by atoms with E-state index in [1.807, 2.05) is 28.4 Å². The van der Waals surface area contributed by atoms with E-state index >= 15 is 0 Å². The Bertz CT molecular complexity index is 735. The zero-order valence-electron chi connectivity index (χ0n) is 19.9. The van der Waals surface area contributed by atoms with Crippen molar-refractivity contribution in [3.05, 3.63) is 0 Å². The fourth-order valence-corrected chi connectivity index (χ4v) is 11.0. The first kappa shape index (κ1) is 21.3. The number of fused-ring (bicyclic) bond motifs is 2.